The van der Waals surface area contributed by atoms with Crippen LogP contribution in [0.3, 0.4) is 0 Å². The fourth-order valence-corrected chi connectivity index (χ4v) is 4.17. The first-order valence-corrected chi connectivity index (χ1v) is 5.86. The zero-order valence-electron chi connectivity index (χ0n) is 8.02. The van der Waals surface area contributed by atoms with Gasteiger partial charge in [0.2, 0.25) is 0 Å². The van der Waals surface area contributed by atoms with Crippen molar-refractivity contribution >= 4 is 0 Å². The Hall–Kier alpha value is -0.0800. The summed E-state index contributed by atoms with van der Waals surface area (Å²) in [6.45, 7) is 1.33. The number of hydrogen-bond donors (Lipinski definition) is 1. The first kappa shape index (κ1) is 7.24. The van der Waals surface area contributed by atoms with Crippen LogP contribution in [0.25, 0.3) is 0 Å². The average Bonchev–Trinajstić information content (AvgIpc) is 2.55. The predicted octanol–water partition coefficient (Wildman–Crippen LogP) is 0.816. The summed E-state index contributed by atoms with van der Waals surface area (Å²) in [7, 11) is 0. The van der Waals surface area contributed by atoms with Gasteiger partial charge >= 0.3 is 0 Å². The van der Waals surface area contributed by atoms with Gasteiger partial charge < -0.3 is 5.73 Å². The van der Waals surface area contributed by atoms with Crippen LogP contribution in [0.15, 0.2) is 0 Å². The molecule has 5 rings (SSSR count). The Labute approximate surface area is 79.5 Å². The molecule has 2 nitrogen and oxygen atoms in total. The van der Waals surface area contributed by atoms with Crippen molar-refractivity contribution in [2.75, 3.05) is 6.54 Å². The number of nitrogens with two attached hydrogens (primary N) is 1. The van der Waals surface area contributed by atoms with Crippen molar-refractivity contribution in [2.24, 2.45) is 23.5 Å². The summed E-state index contributed by atoms with van der Waals surface area (Å²) < 4.78 is 0. The third-order valence-corrected chi connectivity index (χ3v) is 5.13. The largest absolute Gasteiger partial charge is 0.326 e. The van der Waals surface area contributed by atoms with E-state index in [0.717, 1.165) is 29.8 Å². The molecule has 6 atom stereocenters. The lowest BCUT2D eigenvalue weighted by Gasteiger charge is -2.36. The smallest absolute Gasteiger partial charge is 0.0257 e. The first-order chi connectivity index (χ1) is 6.34. The van der Waals surface area contributed by atoms with Crippen LogP contribution in [0.5, 0.6) is 0 Å². The molecule has 0 radical (unpaired) electrons. The second-order valence-corrected chi connectivity index (χ2v) is 5.64. The Bertz CT molecular complexity index is 252. The molecule has 2 N–H and O–H groups in total. The molecular formula is C11H18N2. The minimum absolute atomic E-state index is 0.540. The molecule has 0 aromatic carbocycles. The molecule has 2 heterocycles. The van der Waals surface area contributed by atoms with Crippen molar-refractivity contribution in [3.05, 3.63) is 0 Å². The maximum absolute atomic E-state index is 6.10. The molecule has 0 aromatic rings. The number of rotatable bonds is 1. The van der Waals surface area contributed by atoms with Crippen LogP contribution in [-0.4, -0.2) is 29.6 Å². The Kier molecular flexibility index (Phi) is 1.18. The van der Waals surface area contributed by atoms with Crippen LogP contribution >= 0.6 is 0 Å². The van der Waals surface area contributed by atoms with Crippen LogP contribution in [0.1, 0.15) is 25.7 Å². The van der Waals surface area contributed by atoms with E-state index in [2.05, 4.69) is 4.90 Å². The second-order valence-electron chi connectivity index (χ2n) is 5.64. The van der Waals surface area contributed by atoms with Crippen LogP contribution < -0.4 is 5.73 Å². The molecule has 0 spiro atoms. The van der Waals surface area contributed by atoms with Gasteiger partial charge in [-0.15, -0.1) is 0 Å². The highest BCUT2D eigenvalue weighted by molar-refractivity contribution is 5.13. The average molecular weight is 178 g/mol. The molecule has 0 aromatic heterocycles. The Balaban J connectivity index is 1.56. The fraction of sp³-hybridized carbons (Fsp3) is 1.00. The lowest BCUT2D eigenvalue weighted by Crippen LogP contribution is -2.51. The molecule has 3 saturated carbocycles. The van der Waals surface area contributed by atoms with E-state index in [1.54, 1.807) is 0 Å². The molecule has 2 heteroatoms. The van der Waals surface area contributed by atoms with E-state index in [1.165, 1.54) is 32.2 Å². The summed E-state index contributed by atoms with van der Waals surface area (Å²) in [5.74, 6) is 3.08. The molecule has 2 saturated heterocycles. The summed E-state index contributed by atoms with van der Waals surface area (Å²) in [5, 5.41) is 0. The molecular weight excluding hydrogens is 160 g/mol. The Morgan fingerprint density at radius 2 is 1.92 bits per heavy atom. The SMILES string of the molecule is NC1C2CC1N(C1CCC3CC31)C2. The molecule has 72 valence electrons. The maximum atomic E-state index is 6.10. The van der Waals surface area contributed by atoms with Crippen molar-refractivity contribution in [1.82, 2.24) is 4.90 Å². The van der Waals surface area contributed by atoms with Gasteiger partial charge in [0.1, 0.15) is 0 Å². The Morgan fingerprint density at radius 3 is 2.38 bits per heavy atom. The predicted molar refractivity (Wildman–Crippen MR) is 51.2 cm³/mol. The minimum Gasteiger partial charge on any atom is -0.326 e. The highest BCUT2D eigenvalue weighted by Crippen LogP contribution is 2.56. The summed E-state index contributed by atoms with van der Waals surface area (Å²) >= 11 is 0. The standard InChI is InChI=1S/C11H18N2/c12-11-7-4-10(11)13(5-7)9-2-1-6-3-8(6)9/h6-11H,1-5,12H2. The van der Waals surface area contributed by atoms with Gasteiger partial charge in [-0.1, -0.05) is 0 Å². The minimum atomic E-state index is 0.540. The monoisotopic (exact) mass is 178 g/mol. The van der Waals surface area contributed by atoms with Gasteiger partial charge in [0.05, 0.1) is 0 Å². The molecule has 5 fully saturated rings. The third kappa shape index (κ3) is 0.774. The summed E-state index contributed by atoms with van der Waals surface area (Å²) in [5.41, 5.74) is 6.10. The van der Waals surface area contributed by atoms with Gasteiger partial charge in [-0.3, -0.25) is 4.90 Å². The molecule has 5 aliphatic rings. The lowest BCUT2D eigenvalue weighted by molar-refractivity contribution is 0.154. The van der Waals surface area contributed by atoms with Gasteiger partial charge in [-0.25, -0.2) is 0 Å². The van der Waals surface area contributed by atoms with Crippen LogP contribution in [0.4, 0.5) is 0 Å². The van der Waals surface area contributed by atoms with Gasteiger partial charge in [-0.05, 0) is 43.4 Å². The maximum Gasteiger partial charge on any atom is 0.0257 e. The quantitative estimate of drug-likeness (QED) is 0.644. The van der Waals surface area contributed by atoms with E-state index in [9.17, 15) is 0 Å². The Morgan fingerprint density at radius 1 is 1.00 bits per heavy atom. The normalized spacial score (nSPS) is 63.5. The fourth-order valence-electron chi connectivity index (χ4n) is 4.17. The van der Waals surface area contributed by atoms with Gasteiger partial charge in [0, 0.05) is 24.7 Å². The van der Waals surface area contributed by atoms with Crippen molar-refractivity contribution < 1.29 is 0 Å². The zero-order chi connectivity index (χ0) is 8.58. The number of nitrogens with zero attached hydrogens (tertiary/aromatic N) is 1. The van der Waals surface area contributed by atoms with Crippen molar-refractivity contribution in [1.29, 1.82) is 0 Å². The molecule has 2 aliphatic heterocycles. The molecule has 13 heavy (non-hydrogen) atoms. The zero-order valence-corrected chi connectivity index (χ0v) is 8.02. The summed E-state index contributed by atoms with van der Waals surface area (Å²) in [6.07, 6.45) is 5.94. The van der Waals surface area contributed by atoms with Gasteiger partial charge in [-0.2, -0.15) is 0 Å². The third-order valence-electron chi connectivity index (χ3n) is 5.13. The van der Waals surface area contributed by atoms with E-state index < -0.39 is 0 Å². The van der Waals surface area contributed by atoms with Crippen LogP contribution in [0, 0.1) is 17.8 Å². The summed E-state index contributed by atoms with van der Waals surface area (Å²) in [4.78, 5) is 2.77. The van der Waals surface area contributed by atoms with Crippen molar-refractivity contribution in [3.8, 4) is 0 Å². The molecule has 6 unspecified atom stereocenters. The highest BCUT2D eigenvalue weighted by atomic mass is 15.3. The molecule has 3 aliphatic carbocycles. The lowest BCUT2D eigenvalue weighted by atomic mass is 9.81. The van der Waals surface area contributed by atoms with Crippen molar-refractivity contribution in [3.63, 3.8) is 0 Å². The van der Waals surface area contributed by atoms with E-state index in [-0.39, 0.29) is 0 Å². The molecule has 2 bridgehead atoms. The second kappa shape index (κ2) is 2.12. The van der Waals surface area contributed by atoms with Gasteiger partial charge in [0.15, 0.2) is 0 Å². The highest BCUT2D eigenvalue weighted by Gasteiger charge is 2.58. The first-order valence-electron chi connectivity index (χ1n) is 5.86. The molecule has 0 amide bonds. The number of fused-ring (bicyclic) bond motifs is 2. The summed E-state index contributed by atoms with van der Waals surface area (Å²) in [6, 6.07) is 2.28. The van der Waals surface area contributed by atoms with E-state index >= 15 is 0 Å². The van der Waals surface area contributed by atoms with Crippen LogP contribution in [-0.2, 0) is 0 Å². The van der Waals surface area contributed by atoms with Crippen molar-refractivity contribution in [2.45, 2.75) is 43.8 Å². The van der Waals surface area contributed by atoms with Gasteiger partial charge in [0.25, 0.3) is 0 Å². The van der Waals surface area contributed by atoms with E-state index in [4.69, 9.17) is 5.73 Å². The number of hydrogen-bond acceptors (Lipinski definition) is 2. The van der Waals surface area contributed by atoms with Crippen LogP contribution in [0.2, 0.25) is 0 Å². The van der Waals surface area contributed by atoms with E-state index in [1.807, 2.05) is 0 Å². The van der Waals surface area contributed by atoms with E-state index in [0.29, 0.717) is 6.04 Å². The topological polar surface area (TPSA) is 29.3 Å².